The van der Waals surface area contributed by atoms with Gasteiger partial charge in [-0.05, 0) is 75.5 Å². The van der Waals surface area contributed by atoms with Crippen molar-refractivity contribution in [3.63, 3.8) is 0 Å². The van der Waals surface area contributed by atoms with E-state index in [-0.39, 0.29) is 5.91 Å². The number of morpholine rings is 1. The van der Waals surface area contributed by atoms with Crippen molar-refractivity contribution in [1.82, 2.24) is 19.7 Å². The number of fused-ring (bicyclic) bond motifs is 1. The molecule has 218 valence electrons. The smallest absolute Gasteiger partial charge is 0.255 e. The maximum atomic E-state index is 13.8. The Morgan fingerprint density at radius 2 is 1.77 bits per heavy atom. The van der Waals surface area contributed by atoms with Crippen LogP contribution in [0.1, 0.15) is 81.0 Å². The quantitative estimate of drug-likeness (QED) is 0.473. The maximum absolute atomic E-state index is 13.8. The van der Waals surface area contributed by atoms with Crippen molar-refractivity contribution in [3.8, 4) is 5.88 Å². The number of carbonyl (C=O) groups is 1. The number of ether oxygens (including phenoxy) is 2. The number of methoxy groups -OCH3 is 1. The number of pyridine rings is 1. The molecule has 7 nitrogen and oxygen atoms in total. The van der Waals surface area contributed by atoms with Gasteiger partial charge < -0.3 is 14.4 Å². The van der Waals surface area contributed by atoms with E-state index in [4.69, 9.17) is 9.47 Å². The molecule has 3 fully saturated rings. The molecule has 0 bridgehead atoms. The van der Waals surface area contributed by atoms with Gasteiger partial charge in [0.05, 0.1) is 32.4 Å². The van der Waals surface area contributed by atoms with Gasteiger partial charge in [0, 0.05) is 72.2 Å². The lowest BCUT2D eigenvalue weighted by atomic mass is 9.76. The number of thiophene rings is 1. The molecule has 4 aliphatic rings. The van der Waals surface area contributed by atoms with Crippen LogP contribution in [0.25, 0.3) is 0 Å². The van der Waals surface area contributed by atoms with Crippen molar-refractivity contribution in [2.75, 3.05) is 53.0 Å². The third-order valence-electron chi connectivity index (χ3n) is 10.2. The fourth-order valence-electron chi connectivity index (χ4n) is 7.65. The van der Waals surface area contributed by atoms with Gasteiger partial charge in [0.1, 0.15) is 0 Å². The van der Waals surface area contributed by atoms with Crippen LogP contribution in [-0.4, -0.2) is 90.7 Å². The van der Waals surface area contributed by atoms with E-state index in [0.717, 1.165) is 73.7 Å². The average Bonchev–Trinajstić information content (AvgIpc) is 3.27. The highest BCUT2D eigenvalue weighted by Gasteiger charge is 2.39. The number of aromatic nitrogens is 1. The molecule has 0 unspecified atom stereocenters. The number of amides is 1. The Morgan fingerprint density at radius 1 is 1.05 bits per heavy atom. The molecule has 5 heterocycles. The van der Waals surface area contributed by atoms with Crippen LogP contribution in [0.4, 0.5) is 0 Å². The standard InChI is InChI=1S/C32H46N4O3S/c1-20-16-21(2)33-31(38-5)27(20)19-35-11-10-28-29(32(35)37)23(4)30(40-28)22(3)24-6-8-25(9-7-24)36-17-26(18-36)34-12-14-39-15-13-34/h16,22,24-26H,6-15,17-19H2,1-5H3/t22-,24?,25?/m1/s1. The first-order chi connectivity index (χ1) is 19.3. The fraction of sp³-hybridized carbons (Fsp3) is 0.688. The number of carbonyl (C=O) groups excluding carboxylic acids is 1. The molecular weight excluding hydrogens is 520 g/mol. The van der Waals surface area contributed by atoms with Crippen molar-refractivity contribution >= 4 is 17.2 Å². The topological polar surface area (TPSA) is 58.1 Å². The number of hydrogen-bond donors (Lipinski definition) is 0. The third kappa shape index (κ3) is 5.33. The van der Waals surface area contributed by atoms with Gasteiger partial charge in [0.2, 0.25) is 5.88 Å². The molecule has 1 aliphatic carbocycles. The minimum absolute atomic E-state index is 0.173. The van der Waals surface area contributed by atoms with Gasteiger partial charge in [-0.15, -0.1) is 11.3 Å². The Balaban J connectivity index is 1.07. The number of likely N-dealkylation sites (tertiary alicyclic amines) is 1. The van der Waals surface area contributed by atoms with E-state index < -0.39 is 0 Å². The molecule has 3 aliphatic heterocycles. The second-order valence-electron chi connectivity index (χ2n) is 12.5. The zero-order valence-electron chi connectivity index (χ0n) is 25.0. The molecule has 0 radical (unpaired) electrons. The molecule has 0 N–H and O–H groups in total. The second-order valence-corrected chi connectivity index (χ2v) is 13.7. The zero-order valence-corrected chi connectivity index (χ0v) is 25.8. The predicted molar refractivity (Wildman–Crippen MR) is 160 cm³/mol. The number of aryl methyl sites for hydroxylation is 2. The first-order valence-corrected chi connectivity index (χ1v) is 16.1. The van der Waals surface area contributed by atoms with E-state index in [0.29, 0.717) is 24.3 Å². The summed E-state index contributed by atoms with van der Waals surface area (Å²) < 4.78 is 11.1. The van der Waals surface area contributed by atoms with Gasteiger partial charge in [0.25, 0.3) is 5.91 Å². The SMILES string of the molecule is COc1nc(C)cc(C)c1CN1CCc2sc([C@H](C)C3CCC(N4CC(N5CCOCC5)C4)CC3)c(C)c2C1=O. The van der Waals surface area contributed by atoms with Crippen LogP contribution in [0.2, 0.25) is 0 Å². The molecule has 2 aromatic heterocycles. The van der Waals surface area contributed by atoms with Crippen molar-refractivity contribution in [1.29, 1.82) is 0 Å². The molecule has 2 aromatic rings. The number of hydrogen-bond acceptors (Lipinski definition) is 7. The summed E-state index contributed by atoms with van der Waals surface area (Å²) in [5, 5.41) is 0. The molecule has 6 rings (SSSR count). The van der Waals surface area contributed by atoms with Gasteiger partial charge in [-0.2, -0.15) is 0 Å². The van der Waals surface area contributed by atoms with Crippen molar-refractivity contribution < 1.29 is 14.3 Å². The fourth-order valence-corrected chi connectivity index (χ4v) is 9.09. The average molecular weight is 567 g/mol. The second kappa shape index (κ2) is 11.7. The molecule has 2 saturated heterocycles. The third-order valence-corrected chi connectivity index (χ3v) is 11.7. The van der Waals surface area contributed by atoms with Crippen LogP contribution < -0.4 is 4.74 Å². The molecular formula is C32H46N4O3S. The van der Waals surface area contributed by atoms with E-state index in [1.165, 1.54) is 54.1 Å². The van der Waals surface area contributed by atoms with Crippen LogP contribution >= 0.6 is 11.3 Å². The Labute approximate surface area is 243 Å². The summed E-state index contributed by atoms with van der Waals surface area (Å²) in [6, 6.07) is 3.57. The molecule has 40 heavy (non-hydrogen) atoms. The summed E-state index contributed by atoms with van der Waals surface area (Å²) in [6.45, 7) is 16.5. The minimum atomic E-state index is 0.173. The van der Waals surface area contributed by atoms with Gasteiger partial charge >= 0.3 is 0 Å². The summed E-state index contributed by atoms with van der Waals surface area (Å²) in [5.74, 6) is 2.03. The highest BCUT2D eigenvalue weighted by atomic mass is 32.1. The summed E-state index contributed by atoms with van der Waals surface area (Å²) in [5.41, 5.74) is 5.28. The van der Waals surface area contributed by atoms with Crippen molar-refractivity contribution in [2.45, 2.75) is 84.3 Å². The van der Waals surface area contributed by atoms with Crippen LogP contribution in [0.3, 0.4) is 0 Å². The summed E-state index contributed by atoms with van der Waals surface area (Å²) in [6.07, 6.45) is 6.16. The maximum Gasteiger partial charge on any atom is 0.255 e. The normalized spacial score (nSPS) is 25.5. The molecule has 8 heteroatoms. The largest absolute Gasteiger partial charge is 0.481 e. The summed E-state index contributed by atoms with van der Waals surface area (Å²) in [7, 11) is 1.66. The van der Waals surface area contributed by atoms with Crippen molar-refractivity contribution in [3.05, 3.63) is 43.8 Å². The van der Waals surface area contributed by atoms with E-state index in [1.54, 1.807) is 7.11 Å². The minimum Gasteiger partial charge on any atom is -0.481 e. The summed E-state index contributed by atoms with van der Waals surface area (Å²) >= 11 is 1.92. The highest BCUT2D eigenvalue weighted by Crippen LogP contribution is 2.44. The predicted octanol–water partition coefficient (Wildman–Crippen LogP) is 4.95. The lowest BCUT2D eigenvalue weighted by Gasteiger charge is -2.51. The molecule has 1 saturated carbocycles. The first kappa shape index (κ1) is 28.1. The molecule has 1 atom stereocenters. The Morgan fingerprint density at radius 3 is 2.48 bits per heavy atom. The van der Waals surface area contributed by atoms with Gasteiger partial charge in [-0.3, -0.25) is 14.6 Å². The lowest BCUT2D eigenvalue weighted by molar-refractivity contribution is -0.0520. The molecule has 0 spiro atoms. The Hall–Kier alpha value is -2.00. The zero-order chi connectivity index (χ0) is 28.0. The van der Waals surface area contributed by atoms with Crippen LogP contribution in [0, 0.1) is 26.7 Å². The number of nitrogens with zero attached hydrogens (tertiary/aromatic N) is 4. The monoisotopic (exact) mass is 566 g/mol. The van der Waals surface area contributed by atoms with Gasteiger partial charge in [-0.1, -0.05) is 6.92 Å². The van der Waals surface area contributed by atoms with Crippen LogP contribution in [0.15, 0.2) is 6.07 Å². The molecule has 1 amide bonds. The first-order valence-electron chi connectivity index (χ1n) is 15.3. The Bertz CT molecular complexity index is 1230. The van der Waals surface area contributed by atoms with Gasteiger partial charge in [0.15, 0.2) is 0 Å². The van der Waals surface area contributed by atoms with Gasteiger partial charge in [-0.25, -0.2) is 4.98 Å². The van der Waals surface area contributed by atoms with E-state index in [2.05, 4.69) is 41.6 Å². The molecule has 0 aromatic carbocycles. The number of rotatable bonds is 7. The highest BCUT2D eigenvalue weighted by molar-refractivity contribution is 7.12. The van der Waals surface area contributed by atoms with E-state index >= 15 is 0 Å². The summed E-state index contributed by atoms with van der Waals surface area (Å²) in [4.78, 5) is 28.5. The lowest BCUT2D eigenvalue weighted by Crippen LogP contribution is -2.64. The van der Waals surface area contributed by atoms with Crippen LogP contribution in [0.5, 0.6) is 5.88 Å². The Kier molecular flexibility index (Phi) is 8.23. The van der Waals surface area contributed by atoms with Crippen LogP contribution in [-0.2, 0) is 17.7 Å². The van der Waals surface area contributed by atoms with E-state index in [9.17, 15) is 4.79 Å². The van der Waals surface area contributed by atoms with Crippen molar-refractivity contribution in [2.24, 2.45) is 5.92 Å². The van der Waals surface area contributed by atoms with E-state index in [1.807, 2.05) is 23.2 Å².